The third kappa shape index (κ3) is 3.08. The van der Waals surface area contributed by atoms with E-state index in [0.29, 0.717) is 5.75 Å². The van der Waals surface area contributed by atoms with Gasteiger partial charge in [-0.1, -0.05) is 6.07 Å². The van der Waals surface area contributed by atoms with E-state index in [4.69, 9.17) is 15.7 Å². The highest BCUT2D eigenvalue weighted by Crippen LogP contribution is 2.27. The predicted octanol–water partition coefficient (Wildman–Crippen LogP) is 2.17. The molecular weight excluding hydrogens is 219 g/mol. The van der Waals surface area contributed by atoms with Crippen LogP contribution in [0.2, 0.25) is 0 Å². The van der Waals surface area contributed by atoms with E-state index in [1.54, 1.807) is 6.07 Å². The molecule has 15 heavy (non-hydrogen) atoms. The number of hydrogen-bond acceptors (Lipinski definition) is 3. The number of ether oxygens (including phenoxy) is 1. The van der Waals surface area contributed by atoms with Crippen molar-refractivity contribution < 1.29 is 9.13 Å². The van der Waals surface area contributed by atoms with Crippen LogP contribution in [0.25, 0.3) is 0 Å². The molecule has 0 aliphatic carbocycles. The van der Waals surface area contributed by atoms with Crippen molar-refractivity contribution >= 4 is 12.4 Å². The quantitative estimate of drug-likeness (QED) is 0.866. The molecule has 2 N–H and O–H groups in total. The number of nitrogens with zero attached hydrogens (tertiary/aromatic N) is 1. The molecule has 0 amide bonds. The van der Waals surface area contributed by atoms with Crippen LogP contribution in [0.15, 0.2) is 18.2 Å². The van der Waals surface area contributed by atoms with E-state index in [1.807, 2.05) is 6.07 Å². The fraction of sp³-hybridized carbons (Fsp3) is 0.300. The molecule has 0 unspecified atom stereocenters. The van der Waals surface area contributed by atoms with Crippen molar-refractivity contribution in [1.82, 2.24) is 0 Å². The van der Waals surface area contributed by atoms with Crippen LogP contribution in [0.3, 0.4) is 0 Å². The van der Waals surface area contributed by atoms with Crippen LogP contribution < -0.4 is 10.5 Å². The maximum atomic E-state index is 13.3. The highest BCUT2D eigenvalue weighted by Gasteiger charge is 2.16. The number of halogens is 2. The van der Waals surface area contributed by atoms with Crippen LogP contribution in [0.1, 0.15) is 18.0 Å². The average molecular weight is 231 g/mol. The number of nitrogens with two attached hydrogens (primary N) is 1. The summed E-state index contributed by atoms with van der Waals surface area (Å²) in [5, 5.41) is 8.46. The molecule has 1 aromatic rings. The van der Waals surface area contributed by atoms with E-state index in [1.165, 1.54) is 19.2 Å². The molecule has 0 radical (unpaired) electrons. The first-order chi connectivity index (χ1) is 6.70. The zero-order chi connectivity index (χ0) is 10.6. The SMILES string of the molecule is COc1cccc(F)c1[C@H](N)CC#N.Cl. The molecule has 0 bridgehead atoms. The van der Waals surface area contributed by atoms with Gasteiger partial charge in [-0.3, -0.25) is 0 Å². The molecule has 0 fully saturated rings. The monoisotopic (exact) mass is 230 g/mol. The summed E-state index contributed by atoms with van der Waals surface area (Å²) in [4.78, 5) is 0. The van der Waals surface area contributed by atoms with Crippen LogP contribution in [-0.2, 0) is 0 Å². The lowest BCUT2D eigenvalue weighted by Crippen LogP contribution is -2.12. The van der Waals surface area contributed by atoms with Crippen molar-refractivity contribution in [1.29, 1.82) is 5.26 Å². The first kappa shape index (κ1) is 13.7. The molecule has 0 aliphatic heterocycles. The van der Waals surface area contributed by atoms with Gasteiger partial charge in [0.25, 0.3) is 0 Å². The molecule has 1 atom stereocenters. The van der Waals surface area contributed by atoms with Crippen LogP contribution in [0.4, 0.5) is 4.39 Å². The van der Waals surface area contributed by atoms with Crippen molar-refractivity contribution in [2.45, 2.75) is 12.5 Å². The van der Waals surface area contributed by atoms with Gasteiger partial charge in [-0.25, -0.2) is 4.39 Å². The molecule has 0 aliphatic rings. The van der Waals surface area contributed by atoms with E-state index < -0.39 is 11.9 Å². The molecule has 1 rings (SSSR count). The van der Waals surface area contributed by atoms with Gasteiger partial charge in [0.15, 0.2) is 0 Å². The van der Waals surface area contributed by atoms with Crippen molar-refractivity contribution in [2.24, 2.45) is 5.73 Å². The average Bonchev–Trinajstić information content (AvgIpc) is 2.17. The van der Waals surface area contributed by atoms with Crippen molar-refractivity contribution in [3.63, 3.8) is 0 Å². The summed E-state index contributed by atoms with van der Waals surface area (Å²) in [6.45, 7) is 0. The maximum Gasteiger partial charge on any atom is 0.131 e. The van der Waals surface area contributed by atoms with Crippen molar-refractivity contribution in [2.75, 3.05) is 7.11 Å². The normalized spacial score (nSPS) is 11.1. The third-order valence-corrected chi connectivity index (χ3v) is 1.91. The molecule has 0 saturated heterocycles. The molecule has 0 saturated carbocycles. The zero-order valence-electron chi connectivity index (χ0n) is 8.24. The molecule has 0 spiro atoms. The summed E-state index contributed by atoms with van der Waals surface area (Å²) >= 11 is 0. The van der Waals surface area contributed by atoms with Gasteiger partial charge in [0.05, 0.1) is 19.6 Å². The Labute approximate surface area is 94.1 Å². The highest BCUT2D eigenvalue weighted by atomic mass is 35.5. The lowest BCUT2D eigenvalue weighted by molar-refractivity contribution is 0.399. The van der Waals surface area contributed by atoms with Crippen LogP contribution >= 0.6 is 12.4 Å². The summed E-state index contributed by atoms with van der Waals surface area (Å²) in [6, 6.07) is 5.71. The minimum Gasteiger partial charge on any atom is -0.496 e. The van der Waals surface area contributed by atoms with Crippen LogP contribution in [-0.4, -0.2) is 7.11 Å². The second kappa shape index (κ2) is 6.23. The molecule has 5 heteroatoms. The Morgan fingerprint density at radius 3 is 2.80 bits per heavy atom. The summed E-state index contributed by atoms with van der Waals surface area (Å²) in [7, 11) is 1.44. The molecular formula is C10H12ClFN2O. The van der Waals surface area contributed by atoms with E-state index in [0.717, 1.165) is 0 Å². The lowest BCUT2D eigenvalue weighted by atomic mass is 10.0. The Kier molecular flexibility index (Phi) is 5.68. The second-order valence-corrected chi connectivity index (χ2v) is 2.82. The van der Waals surface area contributed by atoms with Crippen LogP contribution in [0.5, 0.6) is 5.75 Å². The van der Waals surface area contributed by atoms with Gasteiger partial charge in [-0.05, 0) is 12.1 Å². The number of nitriles is 1. The minimum atomic E-state index is -0.642. The minimum absolute atomic E-state index is 0. The van der Waals surface area contributed by atoms with Gasteiger partial charge in [0.1, 0.15) is 11.6 Å². The maximum absolute atomic E-state index is 13.3. The fourth-order valence-electron chi connectivity index (χ4n) is 1.26. The van der Waals surface area contributed by atoms with Crippen LogP contribution in [0, 0.1) is 17.1 Å². The van der Waals surface area contributed by atoms with Gasteiger partial charge in [0.2, 0.25) is 0 Å². The van der Waals surface area contributed by atoms with Gasteiger partial charge in [-0.15, -0.1) is 12.4 Å². The largest absolute Gasteiger partial charge is 0.496 e. The molecule has 0 aromatic heterocycles. The van der Waals surface area contributed by atoms with E-state index in [9.17, 15) is 4.39 Å². The molecule has 82 valence electrons. The molecule has 0 heterocycles. The van der Waals surface area contributed by atoms with Crippen molar-refractivity contribution in [3.05, 3.63) is 29.6 Å². The Hall–Kier alpha value is -1.31. The number of methoxy groups -OCH3 is 1. The zero-order valence-corrected chi connectivity index (χ0v) is 9.05. The Balaban J connectivity index is 0.00000196. The predicted molar refractivity (Wildman–Crippen MR) is 57.4 cm³/mol. The van der Waals surface area contributed by atoms with Crippen molar-refractivity contribution in [3.8, 4) is 11.8 Å². The summed E-state index contributed by atoms with van der Waals surface area (Å²) < 4.78 is 18.3. The number of rotatable bonds is 3. The number of hydrogen-bond donors (Lipinski definition) is 1. The summed E-state index contributed by atoms with van der Waals surface area (Å²) in [6.07, 6.45) is 0.0668. The van der Waals surface area contributed by atoms with Gasteiger partial charge in [-0.2, -0.15) is 5.26 Å². The first-order valence-corrected chi connectivity index (χ1v) is 4.15. The highest BCUT2D eigenvalue weighted by molar-refractivity contribution is 5.85. The molecule has 1 aromatic carbocycles. The number of benzene rings is 1. The second-order valence-electron chi connectivity index (χ2n) is 2.82. The lowest BCUT2D eigenvalue weighted by Gasteiger charge is -2.13. The Bertz CT molecular complexity index is 365. The van der Waals surface area contributed by atoms with E-state index >= 15 is 0 Å². The van der Waals surface area contributed by atoms with Gasteiger partial charge >= 0.3 is 0 Å². The van der Waals surface area contributed by atoms with Gasteiger partial charge in [0, 0.05) is 11.6 Å². The standard InChI is InChI=1S/C10H11FN2O.ClH/c1-14-9-4-2-3-7(11)10(9)8(13)5-6-12;/h2-4,8H,5,13H2,1H3;1H/t8-;/m1./s1. The third-order valence-electron chi connectivity index (χ3n) is 1.91. The Morgan fingerprint density at radius 2 is 2.27 bits per heavy atom. The Morgan fingerprint density at radius 1 is 1.60 bits per heavy atom. The van der Waals surface area contributed by atoms with E-state index in [-0.39, 0.29) is 24.4 Å². The fourth-order valence-corrected chi connectivity index (χ4v) is 1.26. The smallest absolute Gasteiger partial charge is 0.131 e. The topological polar surface area (TPSA) is 59.0 Å². The van der Waals surface area contributed by atoms with Gasteiger partial charge < -0.3 is 10.5 Å². The summed E-state index contributed by atoms with van der Waals surface area (Å²) in [5.41, 5.74) is 5.90. The first-order valence-electron chi connectivity index (χ1n) is 4.15. The summed E-state index contributed by atoms with van der Waals surface area (Å²) in [5.74, 6) is -0.0557. The van der Waals surface area contributed by atoms with E-state index in [2.05, 4.69) is 0 Å². The molecule has 3 nitrogen and oxygen atoms in total.